The van der Waals surface area contributed by atoms with Gasteiger partial charge in [-0.3, -0.25) is 9.69 Å². The number of nitrogens with one attached hydrogen (secondary N) is 1. The summed E-state index contributed by atoms with van der Waals surface area (Å²) in [6, 6.07) is 0. The fourth-order valence-corrected chi connectivity index (χ4v) is 1.15. The predicted molar refractivity (Wildman–Crippen MR) is 44.5 cm³/mol. The van der Waals surface area contributed by atoms with E-state index in [0.717, 1.165) is 26.2 Å². The Labute approximate surface area is 67.1 Å². The zero-order chi connectivity index (χ0) is 8.10. The molecule has 0 aliphatic carbocycles. The van der Waals surface area contributed by atoms with E-state index >= 15 is 0 Å². The Morgan fingerprint density at radius 3 is 2.73 bits per heavy atom. The average Bonchev–Trinajstić information content (AvgIpc) is 2.06. The Balaban J connectivity index is 2.24. The van der Waals surface area contributed by atoms with Crippen LogP contribution in [0.2, 0.25) is 0 Å². The van der Waals surface area contributed by atoms with Crippen molar-refractivity contribution in [1.29, 1.82) is 0 Å². The Kier molecular flexibility index (Phi) is 3.26. The van der Waals surface area contributed by atoms with E-state index in [1.54, 1.807) is 0 Å². The van der Waals surface area contributed by atoms with Gasteiger partial charge in [-0.25, -0.2) is 0 Å². The topological polar surface area (TPSA) is 32.3 Å². The maximum Gasteiger partial charge on any atom is 0.169 e. The van der Waals surface area contributed by atoms with E-state index in [0.29, 0.717) is 6.54 Å². The molecule has 1 aliphatic rings. The highest BCUT2D eigenvalue weighted by Gasteiger charge is 2.10. The van der Waals surface area contributed by atoms with Crippen molar-refractivity contribution < 1.29 is 4.79 Å². The third kappa shape index (κ3) is 2.82. The molecule has 0 unspecified atom stereocenters. The molecule has 0 atom stereocenters. The molecule has 1 heterocycles. The van der Waals surface area contributed by atoms with Gasteiger partial charge in [0.25, 0.3) is 0 Å². The summed E-state index contributed by atoms with van der Waals surface area (Å²) < 4.78 is 0. The van der Waals surface area contributed by atoms with E-state index in [4.69, 9.17) is 0 Å². The molecule has 0 bridgehead atoms. The Bertz CT molecular complexity index is 150. The fraction of sp³-hybridized carbons (Fsp3) is 0.625. The van der Waals surface area contributed by atoms with Crippen LogP contribution in [0.5, 0.6) is 0 Å². The zero-order valence-electron chi connectivity index (χ0n) is 6.68. The molecule has 3 heteroatoms. The summed E-state index contributed by atoms with van der Waals surface area (Å²) in [6.07, 6.45) is 1.39. The van der Waals surface area contributed by atoms with Crippen molar-refractivity contribution in [3.63, 3.8) is 0 Å². The third-order valence-corrected chi connectivity index (χ3v) is 1.82. The number of hydrogen-bond acceptors (Lipinski definition) is 3. The van der Waals surface area contributed by atoms with Crippen molar-refractivity contribution in [3.8, 4) is 0 Å². The number of rotatable bonds is 3. The van der Waals surface area contributed by atoms with Gasteiger partial charge in [-0.1, -0.05) is 6.58 Å². The van der Waals surface area contributed by atoms with Crippen molar-refractivity contribution in [1.82, 2.24) is 10.2 Å². The summed E-state index contributed by atoms with van der Waals surface area (Å²) in [7, 11) is 0. The molecule has 0 spiro atoms. The normalized spacial score (nSPS) is 19.6. The van der Waals surface area contributed by atoms with E-state index < -0.39 is 0 Å². The predicted octanol–water partition coefficient (Wildman–Crippen LogP) is -0.353. The van der Waals surface area contributed by atoms with Crippen LogP contribution < -0.4 is 5.32 Å². The van der Waals surface area contributed by atoms with E-state index in [-0.39, 0.29) is 5.78 Å². The van der Waals surface area contributed by atoms with Crippen LogP contribution in [0.3, 0.4) is 0 Å². The first kappa shape index (κ1) is 8.43. The van der Waals surface area contributed by atoms with Crippen LogP contribution in [-0.4, -0.2) is 43.4 Å². The number of hydrogen-bond donors (Lipinski definition) is 1. The summed E-state index contributed by atoms with van der Waals surface area (Å²) in [5.74, 6) is 0.118. The second-order valence-corrected chi connectivity index (χ2v) is 2.70. The standard InChI is InChI=1S/C8H14N2O/c1-2-8(11)7-10-5-3-9-4-6-10/h2,9H,1,3-7H2. The van der Waals surface area contributed by atoms with Gasteiger partial charge in [0, 0.05) is 26.2 Å². The molecular formula is C8H14N2O. The molecule has 11 heavy (non-hydrogen) atoms. The molecule has 0 aromatic heterocycles. The lowest BCUT2D eigenvalue weighted by atomic mass is 10.3. The number of piperazine rings is 1. The molecule has 0 radical (unpaired) electrons. The highest BCUT2D eigenvalue weighted by Crippen LogP contribution is 1.91. The molecule has 1 fully saturated rings. The highest BCUT2D eigenvalue weighted by molar-refractivity contribution is 5.90. The van der Waals surface area contributed by atoms with Crippen LogP contribution in [0.4, 0.5) is 0 Å². The Morgan fingerprint density at radius 2 is 2.18 bits per heavy atom. The molecule has 1 aliphatic heterocycles. The van der Waals surface area contributed by atoms with Crippen LogP contribution in [0, 0.1) is 0 Å². The summed E-state index contributed by atoms with van der Waals surface area (Å²) in [5.41, 5.74) is 0. The monoisotopic (exact) mass is 154 g/mol. The molecule has 1 N–H and O–H groups in total. The van der Waals surface area contributed by atoms with E-state index in [1.807, 2.05) is 0 Å². The van der Waals surface area contributed by atoms with Crippen molar-refractivity contribution in [2.45, 2.75) is 0 Å². The number of ketones is 1. The molecule has 1 saturated heterocycles. The molecule has 0 amide bonds. The Morgan fingerprint density at radius 1 is 1.55 bits per heavy atom. The van der Waals surface area contributed by atoms with Gasteiger partial charge in [0.2, 0.25) is 0 Å². The lowest BCUT2D eigenvalue weighted by molar-refractivity contribution is -0.115. The molecular weight excluding hydrogens is 140 g/mol. The molecule has 0 aromatic rings. The average molecular weight is 154 g/mol. The minimum Gasteiger partial charge on any atom is -0.314 e. The minimum atomic E-state index is 0.118. The van der Waals surface area contributed by atoms with Crippen molar-refractivity contribution in [2.24, 2.45) is 0 Å². The summed E-state index contributed by atoms with van der Waals surface area (Å²) in [6.45, 7) is 7.89. The van der Waals surface area contributed by atoms with Crippen LogP contribution in [0.15, 0.2) is 12.7 Å². The second-order valence-electron chi connectivity index (χ2n) is 2.70. The van der Waals surface area contributed by atoms with Crippen LogP contribution >= 0.6 is 0 Å². The lowest BCUT2D eigenvalue weighted by Crippen LogP contribution is -2.45. The number of carbonyl (C=O) groups is 1. The van der Waals surface area contributed by atoms with E-state index in [9.17, 15) is 4.79 Å². The largest absolute Gasteiger partial charge is 0.314 e. The summed E-state index contributed by atoms with van der Waals surface area (Å²) >= 11 is 0. The zero-order valence-corrected chi connectivity index (χ0v) is 6.68. The number of carbonyl (C=O) groups excluding carboxylic acids is 1. The van der Waals surface area contributed by atoms with Crippen LogP contribution in [0.25, 0.3) is 0 Å². The molecule has 0 aromatic carbocycles. The van der Waals surface area contributed by atoms with Gasteiger partial charge in [0.15, 0.2) is 5.78 Å². The molecule has 1 rings (SSSR count). The SMILES string of the molecule is C=CC(=O)CN1CCNCC1. The summed E-state index contributed by atoms with van der Waals surface area (Å²) in [5, 5.41) is 3.23. The van der Waals surface area contributed by atoms with Crippen LogP contribution in [0.1, 0.15) is 0 Å². The Hall–Kier alpha value is -0.670. The third-order valence-electron chi connectivity index (χ3n) is 1.82. The van der Waals surface area contributed by atoms with Gasteiger partial charge < -0.3 is 5.32 Å². The second kappa shape index (κ2) is 4.26. The first-order valence-corrected chi connectivity index (χ1v) is 3.91. The molecule has 3 nitrogen and oxygen atoms in total. The van der Waals surface area contributed by atoms with Gasteiger partial charge in [0.05, 0.1) is 6.54 Å². The van der Waals surface area contributed by atoms with E-state index in [1.165, 1.54) is 6.08 Å². The smallest absolute Gasteiger partial charge is 0.169 e. The van der Waals surface area contributed by atoms with Crippen molar-refractivity contribution >= 4 is 5.78 Å². The van der Waals surface area contributed by atoms with Crippen molar-refractivity contribution in [2.75, 3.05) is 32.7 Å². The van der Waals surface area contributed by atoms with Gasteiger partial charge in [-0.2, -0.15) is 0 Å². The number of nitrogens with zero attached hydrogens (tertiary/aromatic N) is 1. The first-order chi connectivity index (χ1) is 5.33. The van der Waals surface area contributed by atoms with Crippen LogP contribution in [-0.2, 0) is 4.79 Å². The lowest BCUT2D eigenvalue weighted by Gasteiger charge is -2.25. The summed E-state index contributed by atoms with van der Waals surface area (Å²) in [4.78, 5) is 13.0. The maximum absolute atomic E-state index is 10.9. The van der Waals surface area contributed by atoms with Gasteiger partial charge in [0.1, 0.15) is 0 Å². The fourth-order valence-electron chi connectivity index (χ4n) is 1.15. The molecule has 0 saturated carbocycles. The quantitative estimate of drug-likeness (QED) is 0.564. The van der Waals surface area contributed by atoms with Gasteiger partial charge in [-0.15, -0.1) is 0 Å². The van der Waals surface area contributed by atoms with E-state index in [2.05, 4.69) is 16.8 Å². The first-order valence-electron chi connectivity index (χ1n) is 3.91. The van der Waals surface area contributed by atoms with Gasteiger partial charge >= 0.3 is 0 Å². The molecule has 62 valence electrons. The maximum atomic E-state index is 10.9. The minimum absolute atomic E-state index is 0.118. The highest BCUT2D eigenvalue weighted by atomic mass is 16.1. The van der Waals surface area contributed by atoms with Gasteiger partial charge in [-0.05, 0) is 6.08 Å². The van der Waals surface area contributed by atoms with Crippen molar-refractivity contribution in [3.05, 3.63) is 12.7 Å².